The van der Waals surface area contributed by atoms with Crippen LogP contribution >= 0.6 is 0 Å². The third-order valence-electron chi connectivity index (χ3n) is 4.81. The summed E-state index contributed by atoms with van der Waals surface area (Å²) in [4.78, 5) is 2.29. The van der Waals surface area contributed by atoms with Crippen LogP contribution < -0.4 is 5.32 Å². The van der Waals surface area contributed by atoms with Gasteiger partial charge in [0.1, 0.15) is 11.3 Å². The first kappa shape index (κ1) is 16.1. The Labute approximate surface area is 128 Å². The minimum Gasteiger partial charge on any atom is -0.459 e. The van der Waals surface area contributed by atoms with Crippen molar-refractivity contribution in [1.82, 2.24) is 10.2 Å². The minimum atomic E-state index is 0.0117. The monoisotopic (exact) mass is 288 g/mol. The molecule has 116 valence electrons. The number of nitrogens with one attached hydrogen (secondary N) is 1. The highest BCUT2D eigenvalue weighted by molar-refractivity contribution is 5.81. The van der Waals surface area contributed by atoms with Gasteiger partial charge in [-0.05, 0) is 52.5 Å². The Hall–Kier alpha value is -1.32. The zero-order valence-electron chi connectivity index (χ0n) is 14.2. The maximum Gasteiger partial charge on any atom is 0.137 e. The highest BCUT2D eigenvalue weighted by Gasteiger charge is 2.37. The van der Waals surface area contributed by atoms with Gasteiger partial charge in [-0.1, -0.05) is 32.0 Å². The van der Waals surface area contributed by atoms with E-state index in [0.29, 0.717) is 0 Å². The predicted octanol–water partition coefficient (Wildman–Crippen LogP) is 4.12. The zero-order valence-corrected chi connectivity index (χ0v) is 14.2. The fourth-order valence-corrected chi connectivity index (χ4v) is 2.98. The Morgan fingerprint density at radius 2 is 2.00 bits per heavy atom. The average Bonchev–Trinajstić information content (AvgIpc) is 2.88. The van der Waals surface area contributed by atoms with Gasteiger partial charge in [-0.25, -0.2) is 0 Å². The first-order valence-electron chi connectivity index (χ1n) is 7.83. The van der Waals surface area contributed by atoms with Gasteiger partial charge < -0.3 is 14.6 Å². The van der Waals surface area contributed by atoms with E-state index >= 15 is 0 Å². The summed E-state index contributed by atoms with van der Waals surface area (Å²) in [6.45, 7) is 9.69. The van der Waals surface area contributed by atoms with Gasteiger partial charge in [0, 0.05) is 10.9 Å². The lowest BCUT2D eigenvalue weighted by molar-refractivity contribution is 0.103. The van der Waals surface area contributed by atoms with E-state index in [1.807, 2.05) is 0 Å². The van der Waals surface area contributed by atoms with Crippen LogP contribution in [0, 0.1) is 6.92 Å². The predicted molar refractivity (Wildman–Crippen MR) is 89.8 cm³/mol. The van der Waals surface area contributed by atoms with Crippen molar-refractivity contribution in [2.24, 2.45) is 0 Å². The van der Waals surface area contributed by atoms with Crippen LogP contribution in [0.2, 0.25) is 0 Å². The molecule has 0 spiro atoms. The number of aryl methyl sites for hydroxylation is 1. The summed E-state index contributed by atoms with van der Waals surface area (Å²) in [5, 5.41) is 4.80. The molecule has 0 saturated heterocycles. The topological polar surface area (TPSA) is 28.4 Å². The number of para-hydroxylation sites is 1. The summed E-state index contributed by atoms with van der Waals surface area (Å²) in [6, 6.07) is 8.67. The van der Waals surface area contributed by atoms with Crippen molar-refractivity contribution in [1.29, 1.82) is 0 Å². The van der Waals surface area contributed by atoms with Crippen LogP contribution in [0.25, 0.3) is 11.0 Å². The summed E-state index contributed by atoms with van der Waals surface area (Å²) < 4.78 is 6.22. The van der Waals surface area contributed by atoms with Crippen LogP contribution in [-0.2, 0) is 0 Å². The average molecular weight is 288 g/mol. The lowest BCUT2D eigenvalue weighted by atomic mass is 9.86. The maximum atomic E-state index is 6.22. The molecule has 2 atom stereocenters. The van der Waals surface area contributed by atoms with Gasteiger partial charge in [0.15, 0.2) is 0 Å². The van der Waals surface area contributed by atoms with E-state index in [2.05, 4.69) is 76.3 Å². The smallest absolute Gasteiger partial charge is 0.137 e. The van der Waals surface area contributed by atoms with Crippen LogP contribution in [0.15, 0.2) is 28.7 Å². The molecule has 2 unspecified atom stereocenters. The van der Waals surface area contributed by atoms with E-state index in [9.17, 15) is 0 Å². The SMILES string of the molecule is CCNC(c1cc2cccc(C)c2o1)C(C)(CC)N(C)C. The molecule has 0 fully saturated rings. The molecule has 2 aromatic rings. The summed E-state index contributed by atoms with van der Waals surface area (Å²) in [6.07, 6.45) is 1.05. The lowest BCUT2D eigenvalue weighted by Crippen LogP contribution is -2.51. The highest BCUT2D eigenvalue weighted by Crippen LogP contribution is 2.36. The van der Waals surface area contributed by atoms with E-state index in [4.69, 9.17) is 4.42 Å². The number of likely N-dealkylation sites (N-methyl/N-ethyl adjacent to an activating group) is 2. The second kappa shape index (κ2) is 6.20. The Kier molecular flexibility index (Phi) is 4.74. The molecule has 1 aromatic carbocycles. The van der Waals surface area contributed by atoms with Gasteiger partial charge in [-0.2, -0.15) is 0 Å². The minimum absolute atomic E-state index is 0.0117. The number of fused-ring (bicyclic) bond motifs is 1. The van der Waals surface area contributed by atoms with Gasteiger partial charge in [0.2, 0.25) is 0 Å². The molecule has 2 rings (SSSR count). The van der Waals surface area contributed by atoms with Gasteiger partial charge in [-0.15, -0.1) is 0 Å². The number of rotatable bonds is 6. The maximum absolute atomic E-state index is 6.22. The number of furan rings is 1. The third-order valence-corrected chi connectivity index (χ3v) is 4.81. The van der Waals surface area contributed by atoms with Gasteiger partial charge >= 0.3 is 0 Å². The Morgan fingerprint density at radius 3 is 2.52 bits per heavy atom. The van der Waals surface area contributed by atoms with E-state index in [-0.39, 0.29) is 11.6 Å². The lowest BCUT2D eigenvalue weighted by Gasteiger charge is -2.42. The number of benzene rings is 1. The van der Waals surface area contributed by atoms with Gasteiger partial charge in [-0.3, -0.25) is 0 Å². The molecule has 1 heterocycles. The third kappa shape index (κ3) is 2.85. The Morgan fingerprint density at radius 1 is 1.29 bits per heavy atom. The van der Waals surface area contributed by atoms with Crippen LogP contribution in [0.5, 0.6) is 0 Å². The molecule has 0 bridgehead atoms. The van der Waals surface area contributed by atoms with Crippen molar-refractivity contribution >= 4 is 11.0 Å². The van der Waals surface area contributed by atoms with Crippen LogP contribution in [0.4, 0.5) is 0 Å². The molecule has 3 heteroatoms. The molecule has 1 N–H and O–H groups in total. The van der Waals surface area contributed by atoms with Gasteiger partial charge in [0.25, 0.3) is 0 Å². The summed E-state index contributed by atoms with van der Waals surface area (Å²) in [5.41, 5.74) is 2.21. The van der Waals surface area contributed by atoms with Crippen molar-refractivity contribution in [3.8, 4) is 0 Å². The largest absolute Gasteiger partial charge is 0.459 e. The Bertz CT molecular complexity index is 602. The number of hydrogen-bond acceptors (Lipinski definition) is 3. The summed E-state index contributed by atoms with van der Waals surface area (Å²) in [7, 11) is 4.28. The normalized spacial score (nSPS) is 16.3. The van der Waals surface area contributed by atoms with Crippen molar-refractivity contribution < 1.29 is 4.42 Å². The van der Waals surface area contributed by atoms with Crippen LogP contribution in [0.1, 0.15) is 44.6 Å². The van der Waals surface area contributed by atoms with Crippen molar-refractivity contribution in [2.75, 3.05) is 20.6 Å². The van der Waals surface area contributed by atoms with Crippen LogP contribution in [-0.4, -0.2) is 31.1 Å². The van der Waals surface area contributed by atoms with Crippen LogP contribution in [0.3, 0.4) is 0 Å². The molecule has 0 aliphatic carbocycles. The molecule has 0 amide bonds. The molecule has 0 aliphatic rings. The molecule has 0 aliphatic heterocycles. The summed E-state index contributed by atoms with van der Waals surface area (Å²) >= 11 is 0. The molecular formula is C18H28N2O. The molecule has 0 radical (unpaired) electrons. The fourth-order valence-electron chi connectivity index (χ4n) is 2.98. The second-order valence-electron chi connectivity index (χ2n) is 6.24. The van der Waals surface area contributed by atoms with E-state index in [1.165, 1.54) is 10.9 Å². The first-order chi connectivity index (χ1) is 9.93. The van der Waals surface area contributed by atoms with Crippen molar-refractivity contribution in [2.45, 2.75) is 45.7 Å². The quantitative estimate of drug-likeness (QED) is 0.866. The van der Waals surface area contributed by atoms with Crippen molar-refractivity contribution in [3.05, 3.63) is 35.6 Å². The summed E-state index contributed by atoms with van der Waals surface area (Å²) in [5.74, 6) is 1.03. The standard InChI is InChI=1S/C18H28N2O/c1-7-18(4,20(5)6)17(19-8-2)15-12-14-11-9-10-13(3)16(14)21-15/h9-12,17,19H,7-8H2,1-6H3. The van der Waals surface area contributed by atoms with E-state index < -0.39 is 0 Å². The van der Waals surface area contributed by atoms with Crippen molar-refractivity contribution in [3.63, 3.8) is 0 Å². The molecule has 1 aromatic heterocycles. The first-order valence-corrected chi connectivity index (χ1v) is 7.83. The molecule has 0 saturated carbocycles. The number of hydrogen-bond donors (Lipinski definition) is 1. The molecule has 21 heavy (non-hydrogen) atoms. The zero-order chi connectivity index (χ0) is 15.6. The fraction of sp³-hybridized carbons (Fsp3) is 0.556. The van der Waals surface area contributed by atoms with E-state index in [1.54, 1.807) is 0 Å². The highest BCUT2D eigenvalue weighted by atomic mass is 16.3. The number of nitrogens with zero attached hydrogens (tertiary/aromatic N) is 1. The second-order valence-corrected chi connectivity index (χ2v) is 6.24. The Balaban J connectivity index is 2.52. The van der Waals surface area contributed by atoms with Gasteiger partial charge in [0.05, 0.1) is 6.04 Å². The van der Waals surface area contributed by atoms with E-state index in [0.717, 1.165) is 24.3 Å². The molecular weight excluding hydrogens is 260 g/mol. The molecule has 3 nitrogen and oxygen atoms in total.